The summed E-state index contributed by atoms with van der Waals surface area (Å²) in [7, 11) is 2.07. The lowest BCUT2D eigenvalue weighted by Gasteiger charge is -2.31. The summed E-state index contributed by atoms with van der Waals surface area (Å²) in [5.74, 6) is 0.834. The van der Waals surface area contributed by atoms with Gasteiger partial charge in [-0.15, -0.1) is 0 Å². The fraction of sp³-hybridized carbons (Fsp3) is 0.571. The van der Waals surface area contributed by atoms with Crippen molar-refractivity contribution >= 4 is 5.69 Å². The molecule has 0 aromatic heterocycles. The van der Waals surface area contributed by atoms with Gasteiger partial charge in [-0.25, -0.2) is 0 Å². The Balaban J connectivity index is 1.87. The average molecular weight is 234 g/mol. The van der Waals surface area contributed by atoms with Crippen molar-refractivity contribution in [3.63, 3.8) is 0 Å². The van der Waals surface area contributed by atoms with Crippen LogP contribution >= 0.6 is 0 Å². The number of rotatable bonds is 5. The molecule has 1 unspecified atom stereocenters. The standard InChI is InChI=1S/C14H22N2O/c1-16(9-11-5-4-6-11)10-14(17)12-7-2-3-8-13(12)15/h2-3,7-8,11,14,17H,4-6,9-10,15H2,1H3. The second-order valence-corrected chi connectivity index (χ2v) is 5.16. The third-order valence-corrected chi connectivity index (χ3v) is 3.63. The van der Waals surface area contributed by atoms with Crippen molar-refractivity contribution in [2.45, 2.75) is 25.4 Å². The van der Waals surface area contributed by atoms with Crippen molar-refractivity contribution < 1.29 is 5.11 Å². The molecule has 1 aromatic carbocycles. The Morgan fingerprint density at radius 1 is 1.41 bits per heavy atom. The summed E-state index contributed by atoms with van der Waals surface area (Å²) in [5, 5.41) is 10.2. The third-order valence-electron chi connectivity index (χ3n) is 3.63. The van der Waals surface area contributed by atoms with Crippen molar-refractivity contribution in [3.8, 4) is 0 Å². The number of anilines is 1. The maximum absolute atomic E-state index is 10.2. The summed E-state index contributed by atoms with van der Waals surface area (Å²) in [6.45, 7) is 1.74. The van der Waals surface area contributed by atoms with Crippen molar-refractivity contribution in [3.05, 3.63) is 29.8 Å². The van der Waals surface area contributed by atoms with E-state index in [1.807, 2.05) is 24.3 Å². The first-order valence-corrected chi connectivity index (χ1v) is 6.38. The zero-order chi connectivity index (χ0) is 12.3. The number of nitrogen functional groups attached to an aromatic ring is 1. The van der Waals surface area contributed by atoms with Gasteiger partial charge in [0.2, 0.25) is 0 Å². The maximum atomic E-state index is 10.2. The molecule has 1 saturated carbocycles. The summed E-state index contributed by atoms with van der Waals surface area (Å²) in [6, 6.07) is 7.55. The molecular formula is C14H22N2O. The van der Waals surface area contributed by atoms with Gasteiger partial charge in [0.25, 0.3) is 0 Å². The number of nitrogens with zero attached hydrogens (tertiary/aromatic N) is 1. The van der Waals surface area contributed by atoms with E-state index in [0.29, 0.717) is 12.2 Å². The summed E-state index contributed by atoms with van der Waals surface area (Å²) >= 11 is 0. The molecule has 0 saturated heterocycles. The van der Waals surface area contributed by atoms with Crippen LogP contribution in [0.2, 0.25) is 0 Å². The molecule has 94 valence electrons. The van der Waals surface area contributed by atoms with Gasteiger partial charge in [-0.05, 0) is 31.9 Å². The Hall–Kier alpha value is -1.06. The topological polar surface area (TPSA) is 49.5 Å². The lowest BCUT2D eigenvalue weighted by molar-refractivity contribution is 0.107. The van der Waals surface area contributed by atoms with Gasteiger partial charge in [-0.3, -0.25) is 0 Å². The van der Waals surface area contributed by atoms with Gasteiger partial charge in [-0.1, -0.05) is 24.6 Å². The zero-order valence-electron chi connectivity index (χ0n) is 10.5. The van der Waals surface area contributed by atoms with E-state index < -0.39 is 6.10 Å². The largest absolute Gasteiger partial charge is 0.398 e. The van der Waals surface area contributed by atoms with E-state index in [9.17, 15) is 5.11 Å². The van der Waals surface area contributed by atoms with Crippen LogP contribution in [-0.4, -0.2) is 30.1 Å². The van der Waals surface area contributed by atoms with Crippen molar-refractivity contribution in [1.82, 2.24) is 4.90 Å². The lowest BCUT2D eigenvalue weighted by atomic mass is 9.85. The summed E-state index contributed by atoms with van der Waals surface area (Å²) < 4.78 is 0. The van der Waals surface area contributed by atoms with Crippen LogP contribution in [-0.2, 0) is 0 Å². The van der Waals surface area contributed by atoms with E-state index >= 15 is 0 Å². The van der Waals surface area contributed by atoms with Gasteiger partial charge >= 0.3 is 0 Å². The molecule has 3 N–H and O–H groups in total. The molecule has 0 amide bonds. The molecule has 0 bridgehead atoms. The second kappa shape index (κ2) is 5.52. The minimum Gasteiger partial charge on any atom is -0.398 e. The van der Waals surface area contributed by atoms with E-state index in [-0.39, 0.29) is 0 Å². The van der Waals surface area contributed by atoms with Crippen LogP contribution in [0.1, 0.15) is 30.9 Å². The van der Waals surface area contributed by atoms with Gasteiger partial charge < -0.3 is 15.7 Å². The lowest BCUT2D eigenvalue weighted by Crippen LogP contribution is -2.32. The van der Waals surface area contributed by atoms with Gasteiger partial charge in [0.1, 0.15) is 0 Å². The number of hydrogen-bond donors (Lipinski definition) is 2. The van der Waals surface area contributed by atoms with Crippen LogP contribution in [0.3, 0.4) is 0 Å². The zero-order valence-corrected chi connectivity index (χ0v) is 10.5. The third kappa shape index (κ3) is 3.20. The molecule has 2 rings (SSSR count). The molecular weight excluding hydrogens is 212 g/mol. The molecule has 0 heterocycles. The maximum Gasteiger partial charge on any atom is 0.0936 e. The fourth-order valence-electron chi connectivity index (χ4n) is 2.40. The van der Waals surface area contributed by atoms with Gasteiger partial charge in [0, 0.05) is 24.3 Å². The van der Waals surface area contributed by atoms with Crippen LogP contribution < -0.4 is 5.73 Å². The highest BCUT2D eigenvalue weighted by atomic mass is 16.3. The van der Waals surface area contributed by atoms with Gasteiger partial charge in [0.05, 0.1) is 6.10 Å². The Morgan fingerprint density at radius 3 is 2.71 bits per heavy atom. The number of hydrogen-bond acceptors (Lipinski definition) is 3. The van der Waals surface area contributed by atoms with Crippen LogP contribution in [0.4, 0.5) is 5.69 Å². The molecule has 1 aliphatic rings. The molecule has 17 heavy (non-hydrogen) atoms. The molecule has 3 nitrogen and oxygen atoms in total. The average Bonchev–Trinajstić information content (AvgIpc) is 2.24. The molecule has 1 atom stereocenters. The predicted molar refractivity (Wildman–Crippen MR) is 70.7 cm³/mol. The number of aliphatic hydroxyl groups is 1. The van der Waals surface area contributed by atoms with Gasteiger partial charge in [0.15, 0.2) is 0 Å². The highest BCUT2D eigenvalue weighted by molar-refractivity contribution is 5.47. The van der Waals surface area contributed by atoms with Gasteiger partial charge in [-0.2, -0.15) is 0 Å². The molecule has 0 radical (unpaired) electrons. The highest BCUT2D eigenvalue weighted by Gasteiger charge is 2.20. The van der Waals surface area contributed by atoms with E-state index in [0.717, 1.165) is 18.0 Å². The Bertz CT molecular complexity index is 363. The van der Waals surface area contributed by atoms with Crippen LogP contribution in [0.25, 0.3) is 0 Å². The van der Waals surface area contributed by atoms with E-state index in [2.05, 4.69) is 11.9 Å². The molecule has 1 aromatic rings. The van der Waals surface area contributed by atoms with Crippen LogP contribution in [0, 0.1) is 5.92 Å². The summed E-state index contributed by atoms with van der Waals surface area (Å²) in [4.78, 5) is 2.21. The Labute approximate surface area is 103 Å². The first kappa shape index (κ1) is 12.4. The number of para-hydroxylation sites is 1. The molecule has 3 heteroatoms. The fourth-order valence-corrected chi connectivity index (χ4v) is 2.40. The van der Waals surface area contributed by atoms with Crippen molar-refractivity contribution in [2.75, 3.05) is 25.9 Å². The smallest absolute Gasteiger partial charge is 0.0936 e. The number of likely N-dealkylation sites (N-methyl/N-ethyl adjacent to an activating group) is 1. The number of aliphatic hydroxyl groups excluding tert-OH is 1. The van der Waals surface area contributed by atoms with Crippen molar-refractivity contribution in [1.29, 1.82) is 0 Å². The van der Waals surface area contributed by atoms with E-state index in [1.54, 1.807) is 0 Å². The first-order valence-electron chi connectivity index (χ1n) is 6.38. The SMILES string of the molecule is CN(CC1CCC1)CC(O)c1ccccc1N. The minimum absolute atomic E-state index is 0.485. The van der Waals surface area contributed by atoms with E-state index in [4.69, 9.17) is 5.73 Å². The molecule has 0 spiro atoms. The molecule has 1 fully saturated rings. The van der Waals surface area contributed by atoms with Crippen LogP contribution in [0.15, 0.2) is 24.3 Å². The quantitative estimate of drug-likeness (QED) is 0.766. The summed E-state index contributed by atoms with van der Waals surface area (Å²) in [5.41, 5.74) is 7.38. The predicted octanol–water partition coefficient (Wildman–Crippen LogP) is 2.03. The number of benzene rings is 1. The van der Waals surface area contributed by atoms with Crippen LogP contribution in [0.5, 0.6) is 0 Å². The monoisotopic (exact) mass is 234 g/mol. The Morgan fingerprint density at radius 2 is 2.12 bits per heavy atom. The summed E-state index contributed by atoms with van der Waals surface area (Å²) in [6.07, 6.45) is 3.57. The minimum atomic E-state index is -0.485. The highest BCUT2D eigenvalue weighted by Crippen LogP contribution is 2.27. The second-order valence-electron chi connectivity index (χ2n) is 5.16. The molecule has 0 aliphatic heterocycles. The normalized spacial score (nSPS) is 18.1. The van der Waals surface area contributed by atoms with E-state index in [1.165, 1.54) is 19.3 Å². The molecule has 1 aliphatic carbocycles. The number of nitrogens with two attached hydrogens (primary N) is 1. The Kier molecular flexibility index (Phi) is 4.02. The van der Waals surface area contributed by atoms with Crippen molar-refractivity contribution in [2.24, 2.45) is 5.92 Å². The first-order chi connectivity index (χ1) is 8.16.